The number of hydrogen-bond donors (Lipinski definition) is 1. The van der Waals surface area contributed by atoms with Crippen LogP contribution in [-0.2, 0) is 0 Å². The summed E-state index contributed by atoms with van der Waals surface area (Å²) >= 11 is 14.1. The molecule has 0 aliphatic carbocycles. The van der Waals surface area contributed by atoms with E-state index in [0.717, 1.165) is 38.1 Å². The van der Waals surface area contributed by atoms with Gasteiger partial charge in [-0.15, -0.1) is 0 Å². The van der Waals surface area contributed by atoms with Crippen LogP contribution in [0.5, 0.6) is 0 Å². The summed E-state index contributed by atoms with van der Waals surface area (Å²) in [6, 6.07) is 5.93. The lowest BCUT2D eigenvalue weighted by atomic mass is 9.94. The topological polar surface area (TPSA) is 38.8 Å². The average molecular weight is 471 g/mol. The van der Waals surface area contributed by atoms with Crippen molar-refractivity contribution in [3.05, 3.63) is 28.2 Å². The number of anilines is 1. The third kappa shape index (κ3) is 5.98. The first-order chi connectivity index (χ1) is 14.6. The normalized spacial score (nSPS) is 24.7. The lowest BCUT2D eigenvalue weighted by molar-refractivity contribution is 0.0783. The number of hydrogen-bond acceptors (Lipinski definition) is 4. The van der Waals surface area contributed by atoms with Crippen molar-refractivity contribution in [2.75, 3.05) is 62.6 Å². The van der Waals surface area contributed by atoms with Crippen LogP contribution in [0, 0.1) is 5.92 Å². The van der Waals surface area contributed by atoms with Crippen LogP contribution < -0.4 is 5.32 Å². The number of amides is 2. The van der Waals surface area contributed by atoms with E-state index in [1.807, 2.05) is 4.90 Å². The SMILES string of the molecule is O=C(Nc1ccc(Cl)c(Cl)c1)N1CCN(C[C@@H]2CCCN(C3CCSCC3)C2)CC1. The molecule has 3 fully saturated rings. The highest BCUT2D eigenvalue weighted by Gasteiger charge is 2.29. The predicted octanol–water partition coefficient (Wildman–Crippen LogP) is 4.75. The summed E-state index contributed by atoms with van der Waals surface area (Å²) in [5, 5.41) is 3.88. The molecule has 1 aromatic carbocycles. The summed E-state index contributed by atoms with van der Waals surface area (Å²) in [5.74, 6) is 3.43. The number of benzene rings is 1. The molecule has 30 heavy (non-hydrogen) atoms. The maximum absolute atomic E-state index is 12.6. The van der Waals surface area contributed by atoms with Crippen LogP contribution in [0.3, 0.4) is 0 Å². The van der Waals surface area contributed by atoms with E-state index in [4.69, 9.17) is 23.2 Å². The maximum atomic E-state index is 12.6. The van der Waals surface area contributed by atoms with E-state index in [0.29, 0.717) is 15.7 Å². The monoisotopic (exact) mass is 470 g/mol. The second kappa shape index (κ2) is 10.8. The molecular weight excluding hydrogens is 439 g/mol. The van der Waals surface area contributed by atoms with Gasteiger partial charge in [-0.2, -0.15) is 11.8 Å². The van der Waals surface area contributed by atoms with Gasteiger partial charge in [-0.3, -0.25) is 4.90 Å². The van der Waals surface area contributed by atoms with Crippen molar-refractivity contribution in [2.24, 2.45) is 5.92 Å². The highest BCUT2D eigenvalue weighted by Crippen LogP contribution is 2.27. The van der Waals surface area contributed by atoms with Crippen LogP contribution >= 0.6 is 35.0 Å². The van der Waals surface area contributed by atoms with Gasteiger partial charge in [0.1, 0.15) is 0 Å². The van der Waals surface area contributed by atoms with Crippen LogP contribution in [-0.4, -0.2) is 84.1 Å². The van der Waals surface area contributed by atoms with E-state index in [9.17, 15) is 4.79 Å². The van der Waals surface area contributed by atoms with E-state index in [1.54, 1.807) is 18.2 Å². The van der Waals surface area contributed by atoms with E-state index in [1.165, 1.54) is 56.8 Å². The Morgan fingerprint density at radius 2 is 1.80 bits per heavy atom. The Morgan fingerprint density at radius 1 is 1.03 bits per heavy atom. The van der Waals surface area contributed by atoms with Crippen LogP contribution in [0.1, 0.15) is 25.7 Å². The van der Waals surface area contributed by atoms with Crippen molar-refractivity contribution in [1.82, 2.24) is 14.7 Å². The lowest BCUT2D eigenvalue weighted by Gasteiger charge is -2.42. The summed E-state index contributed by atoms with van der Waals surface area (Å²) in [4.78, 5) is 19.8. The molecule has 0 bridgehead atoms. The van der Waals surface area contributed by atoms with Crippen molar-refractivity contribution < 1.29 is 4.79 Å². The Bertz CT molecular complexity index is 723. The predicted molar refractivity (Wildman–Crippen MR) is 128 cm³/mol. The molecule has 166 valence electrons. The van der Waals surface area contributed by atoms with E-state index >= 15 is 0 Å². The highest BCUT2D eigenvalue weighted by atomic mass is 35.5. The Labute approximate surface area is 194 Å². The van der Waals surface area contributed by atoms with Gasteiger partial charge in [0.25, 0.3) is 0 Å². The fourth-order valence-corrected chi connectivity index (χ4v) is 6.28. The van der Waals surface area contributed by atoms with Crippen molar-refractivity contribution in [2.45, 2.75) is 31.7 Å². The second-order valence-corrected chi connectivity index (χ2v) is 10.7. The standard InChI is InChI=1S/C22H32Cl2N4OS/c23-20-4-3-18(14-21(20)24)25-22(29)27-10-8-26(9-11-27)15-17-2-1-7-28(16-17)19-5-12-30-13-6-19/h3-4,14,17,19H,1-2,5-13,15-16H2,(H,25,29)/t17-/m0/s1. The van der Waals surface area contributed by atoms with Gasteiger partial charge < -0.3 is 15.1 Å². The summed E-state index contributed by atoms with van der Waals surface area (Å²) < 4.78 is 0. The number of piperidine rings is 1. The Balaban J connectivity index is 1.21. The van der Waals surface area contributed by atoms with Crippen molar-refractivity contribution >= 4 is 46.7 Å². The molecule has 0 saturated carbocycles. The number of nitrogens with one attached hydrogen (secondary N) is 1. The minimum atomic E-state index is -0.0629. The number of likely N-dealkylation sites (tertiary alicyclic amines) is 1. The van der Waals surface area contributed by atoms with Gasteiger partial charge in [0.2, 0.25) is 0 Å². The van der Waals surface area contributed by atoms with Crippen LogP contribution in [0.4, 0.5) is 10.5 Å². The van der Waals surface area contributed by atoms with Gasteiger partial charge in [-0.05, 0) is 67.9 Å². The largest absolute Gasteiger partial charge is 0.322 e. The van der Waals surface area contributed by atoms with Crippen LogP contribution in [0.15, 0.2) is 18.2 Å². The van der Waals surface area contributed by atoms with Gasteiger partial charge in [-0.1, -0.05) is 23.2 Å². The van der Waals surface area contributed by atoms with Crippen molar-refractivity contribution in [3.63, 3.8) is 0 Å². The van der Waals surface area contributed by atoms with Gasteiger partial charge in [-0.25, -0.2) is 4.79 Å². The summed E-state index contributed by atoms with van der Waals surface area (Å²) in [5.41, 5.74) is 0.681. The number of thioether (sulfide) groups is 1. The molecular formula is C22H32Cl2N4OS. The van der Waals surface area contributed by atoms with Gasteiger partial charge in [0.05, 0.1) is 10.0 Å². The fourth-order valence-electron chi connectivity index (χ4n) is 4.90. The quantitative estimate of drug-likeness (QED) is 0.688. The number of halogens is 2. The number of piperazine rings is 1. The zero-order valence-electron chi connectivity index (χ0n) is 17.5. The molecule has 5 nitrogen and oxygen atoms in total. The molecule has 3 heterocycles. The number of rotatable bonds is 4. The second-order valence-electron chi connectivity index (χ2n) is 8.69. The molecule has 1 atom stereocenters. The van der Waals surface area contributed by atoms with Crippen molar-refractivity contribution in [3.8, 4) is 0 Å². The molecule has 8 heteroatoms. The average Bonchev–Trinajstić information content (AvgIpc) is 2.77. The third-order valence-corrected chi connectivity index (χ3v) is 8.39. The van der Waals surface area contributed by atoms with Gasteiger partial charge in [0, 0.05) is 51.0 Å². The molecule has 4 rings (SSSR count). The van der Waals surface area contributed by atoms with E-state index < -0.39 is 0 Å². The molecule has 3 aliphatic rings. The number of carbonyl (C=O) groups is 1. The third-order valence-electron chi connectivity index (χ3n) is 6.60. The molecule has 0 aromatic heterocycles. The minimum absolute atomic E-state index is 0.0629. The van der Waals surface area contributed by atoms with Gasteiger partial charge >= 0.3 is 6.03 Å². The van der Waals surface area contributed by atoms with Crippen LogP contribution in [0.2, 0.25) is 10.0 Å². The van der Waals surface area contributed by atoms with Crippen molar-refractivity contribution in [1.29, 1.82) is 0 Å². The van der Waals surface area contributed by atoms with E-state index in [-0.39, 0.29) is 6.03 Å². The Kier molecular flexibility index (Phi) is 8.09. The molecule has 3 saturated heterocycles. The molecule has 1 N–H and O–H groups in total. The lowest BCUT2D eigenvalue weighted by Crippen LogP contribution is -2.52. The van der Waals surface area contributed by atoms with E-state index in [2.05, 4.69) is 26.9 Å². The molecule has 0 spiro atoms. The first-order valence-electron chi connectivity index (χ1n) is 11.1. The highest BCUT2D eigenvalue weighted by molar-refractivity contribution is 7.99. The number of nitrogens with zero attached hydrogens (tertiary/aromatic N) is 3. The molecule has 0 radical (unpaired) electrons. The molecule has 3 aliphatic heterocycles. The Morgan fingerprint density at radius 3 is 2.53 bits per heavy atom. The summed E-state index contributed by atoms with van der Waals surface area (Å²) in [7, 11) is 0. The zero-order valence-corrected chi connectivity index (χ0v) is 19.8. The first-order valence-corrected chi connectivity index (χ1v) is 13.0. The molecule has 1 aromatic rings. The number of urea groups is 1. The summed E-state index contributed by atoms with van der Waals surface area (Å²) in [6.45, 7) is 7.14. The smallest absolute Gasteiger partial charge is 0.321 e. The molecule has 2 amide bonds. The fraction of sp³-hybridized carbons (Fsp3) is 0.682. The first kappa shape index (κ1) is 22.5. The zero-order chi connectivity index (χ0) is 20.9. The molecule has 0 unspecified atom stereocenters. The summed E-state index contributed by atoms with van der Waals surface area (Å²) in [6.07, 6.45) is 5.41. The maximum Gasteiger partial charge on any atom is 0.321 e. The Hall–Kier alpha value is -0.660. The van der Waals surface area contributed by atoms with Crippen LogP contribution in [0.25, 0.3) is 0 Å². The minimum Gasteiger partial charge on any atom is -0.322 e. The number of carbonyl (C=O) groups excluding carboxylic acids is 1. The van der Waals surface area contributed by atoms with Gasteiger partial charge in [0.15, 0.2) is 0 Å².